The maximum absolute atomic E-state index is 12.5. The van der Waals surface area contributed by atoms with Gasteiger partial charge in [-0.1, -0.05) is 12.8 Å². The number of piperidine rings is 2. The van der Waals surface area contributed by atoms with Crippen molar-refractivity contribution in [2.75, 3.05) is 37.6 Å². The number of likely N-dealkylation sites (tertiary alicyclic amines) is 1. The molecular formula is C24H36N4O4. The van der Waals surface area contributed by atoms with Gasteiger partial charge in [0.25, 0.3) is 0 Å². The summed E-state index contributed by atoms with van der Waals surface area (Å²) in [7, 11) is 0. The number of hydrogen-bond donors (Lipinski definition) is 1. The number of nitrogens with zero attached hydrogens (tertiary/aromatic N) is 4. The van der Waals surface area contributed by atoms with Gasteiger partial charge in [-0.05, 0) is 70.2 Å². The van der Waals surface area contributed by atoms with Crippen molar-refractivity contribution in [2.24, 2.45) is 0 Å². The fourth-order valence-corrected chi connectivity index (χ4v) is 5.38. The van der Waals surface area contributed by atoms with Crippen LogP contribution in [0.1, 0.15) is 57.8 Å². The highest BCUT2D eigenvalue weighted by molar-refractivity contribution is 5.73. The van der Waals surface area contributed by atoms with E-state index in [0.717, 1.165) is 84.0 Å². The van der Waals surface area contributed by atoms with Crippen LogP contribution >= 0.6 is 0 Å². The molecule has 0 aliphatic carbocycles. The van der Waals surface area contributed by atoms with Crippen molar-refractivity contribution in [2.45, 2.75) is 76.0 Å². The number of ether oxygens (including phenoxy) is 1. The second kappa shape index (κ2) is 11.0. The molecule has 1 amide bonds. The average molecular weight is 445 g/mol. The van der Waals surface area contributed by atoms with Crippen LogP contribution < -0.4 is 4.90 Å². The van der Waals surface area contributed by atoms with E-state index in [4.69, 9.17) is 4.74 Å². The third kappa shape index (κ3) is 5.71. The van der Waals surface area contributed by atoms with Gasteiger partial charge in [0.1, 0.15) is 12.1 Å². The number of rotatable bonds is 9. The van der Waals surface area contributed by atoms with Gasteiger partial charge in [-0.25, -0.2) is 4.79 Å². The first-order valence-corrected chi connectivity index (χ1v) is 12.2. The Kier molecular flexibility index (Phi) is 7.84. The molecular weight excluding hydrogens is 408 g/mol. The first-order valence-electron chi connectivity index (χ1n) is 12.2. The Bertz CT molecular complexity index is 754. The van der Waals surface area contributed by atoms with Crippen LogP contribution in [0.25, 0.3) is 0 Å². The van der Waals surface area contributed by atoms with Crippen molar-refractivity contribution in [3.63, 3.8) is 0 Å². The molecule has 176 valence electrons. The molecule has 8 nitrogen and oxygen atoms in total. The molecule has 0 bridgehead atoms. The zero-order chi connectivity index (χ0) is 22.3. The number of anilines is 1. The van der Waals surface area contributed by atoms with Crippen LogP contribution in [0.2, 0.25) is 0 Å². The first-order chi connectivity index (χ1) is 15.6. The second-order valence-electron chi connectivity index (χ2n) is 9.32. The van der Waals surface area contributed by atoms with Gasteiger partial charge in [-0.3, -0.25) is 14.7 Å². The number of carbonyl (C=O) groups is 2. The van der Waals surface area contributed by atoms with Crippen molar-refractivity contribution in [1.29, 1.82) is 0 Å². The van der Waals surface area contributed by atoms with E-state index in [1.54, 1.807) is 0 Å². The number of aliphatic carboxylic acids is 1. The SMILES string of the molecule is O=C(O)C1CCCCN1CCCCCC1CN(C2CCN(c3ccncc3)CC2)C(=O)O1. The highest BCUT2D eigenvalue weighted by Gasteiger charge is 2.37. The summed E-state index contributed by atoms with van der Waals surface area (Å²) in [6.45, 7) is 4.33. The summed E-state index contributed by atoms with van der Waals surface area (Å²) in [6.07, 6.45) is 12.2. The molecule has 3 saturated heterocycles. The minimum atomic E-state index is -0.686. The fraction of sp³-hybridized carbons (Fsp3) is 0.708. The van der Waals surface area contributed by atoms with Crippen LogP contribution in [-0.4, -0.2) is 82.9 Å². The number of carboxylic acids is 1. The number of cyclic esters (lactones) is 1. The normalized spacial score (nSPS) is 25.2. The molecule has 0 radical (unpaired) electrons. The minimum Gasteiger partial charge on any atom is -0.480 e. The van der Waals surface area contributed by atoms with E-state index in [9.17, 15) is 14.7 Å². The Hall–Kier alpha value is -2.35. The lowest BCUT2D eigenvalue weighted by molar-refractivity contribution is -0.144. The molecule has 1 N–H and O–H groups in total. The van der Waals surface area contributed by atoms with Crippen molar-refractivity contribution in [1.82, 2.24) is 14.8 Å². The Morgan fingerprint density at radius 2 is 1.84 bits per heavy atom. The average Bonchev–Trinajstić information content (AvgIpc) is 3.20. The van der Waals surface area contributed by atoms with E-state index in [2.05, 4.69) is 14.8 Å². The summed E-state index contributed by atoms with van der Waals surface area (Å²) >= 11 is 0. The van der Waals surface area contributed by atoms with Gasteiger partial charge in [0.2, 0.25) is 0 Å². The number of carboxylic acid groups (broad SMARTS) is 1. The van der Waals surface area contributed by atoms with E-state index >= 15 is 0 Å². The van der Waals surface area contributed by atoms with Crippen LogP contribution in [-0.2, 0) is 9.53 Å². The molecule has 1 aromatic rings. The molecule has 8 heteroatoms. The predicted molar refractivity (Wildman–Crippen MR) is 122 cm³/mol. The van der Waals surface area contributed by atoms with E-state index in [0.29, 0.717) is 6.54 Å². The number of amides is 1. The standard InChI is InChI=1S/C24H36N4O4/c29-23(30)22-7-3-5-15-27(22)14-4-1-2-6-21-18-28(24(31)32-21)20-10-16-26(17-11-20)19-8-12-25-13-9-19/h8-9,12-13,20-22H,1-7,10-11,14-18H2,(H,29,30). The Morgan fingerprint density at radius 1 is 1.06 bits per heavy atom. The zero-order valence-corrected chi connectivity index (χ0v) is 18.9. The van der Waals surface area contributed by atoms with Gasteiger partial charge in [0.05, 0.1) is 6.54 Å². The topological polar surface area (TPSA) is 86.2 Å². The lowest BCUT2D eigenvalue weighted by Gasteiger charge is -2.36. The van der Waals surface area contributed by atoms with Gasteiger partial charge < -0.3 is 19.6 Å². The van der Waals surface area contributed by atoms with Crippen LogP contribution in [0.15, 0.2) is 24.5 Å². The van der Waals surface area contributed by atoms with E-state index < -0.39 is 5.97 Å². The summed E-state index contributed by atoms with van der Waals surface area (Å²) in [4.78, 5) is 34.4. The van der Waals surface area contributed by atoms with Crippen molar-refractivity contribution < 1.29 is 19.4 Å². The smallest absolute Gasteiger partial charge is 0.410 e. The van der Waals surface area contributed by atoms with Gasteiger partial charge >= 0.3 is 12.1 Å². The maximum atomic E-state index is 12.5. The van der Waals surface area contributed by atoms with Crippen molar-refractivity contribution in [3.05, 3.63) is 24.5 Å². The van der Waals surface area contributed by atoms with Crippen LogP contribution in [0.5, 0.6) is 0 Å². The van der Waals surface area contributed by atoms with E-state index in [1.165, 1.54) is 5.69 Å². The molecule has 4 heterocycles. The summed E-state index contributed by atoms with van der Waals surface area (Å²) in [6, 6.07) is 4.02. The lowest BCUT2D eigenvalue weighted by atomic mass is 10.0. The first kappa shape index (κ1) is 22.8. The van der Waals surface area contributed by atoms with Crippen LogP contribution in [0.4, 0.5) is 10.5 Å². The number of aromatic nitrogens is 1. The Balaban J connectivity index is 1.14. The second-order valence-corrected chi connectivity index (χ2v) is 9.32. The maximum Gasteiger partial charge on any atom is 0.410 e. The van der Waals surface area contributed by atoms with Crippen molar-refractivity contribution in [3.8, 4) is 0 Å². The van der Waals surface area contributed by atoms with E-state index in [1.807, 2.05) is 29.4 Å². The van der Waals surface area contributed by atoms with Crippen LogP contribution in [0, 0.1) is 0 Å². The quantitative estimate of drug-likeness (QED) is 0.585. The Labute approximate surface area is 190 Å². The summed E-state index contributed by atoms with van der Waals surface area (Å²) < 4.78 is 5.66. The van der Waals surface area contributed by atoms with Gasteiger partial charge in [0, 0.05) is 37.2 Å². The summed E-state index contributed by atoms with van der Waals surface area (Å²) in [5, 5.41) is 9.38. The third-order valence-corrected chi connectivity index (χ3v) is 7.21. The highest BCUT2D eigenvalue weighted by Crippen LogP contribution is 2.27. The largest absolute Gasteiger partial charge is 0.480 e. The van der Waals surface area contributed by atoms with Gasteiger partial charge in [-0.15, -0.1) is 0 Å². The lowest BCUT2D eigenvalue weighted by Crippen LogP contribution is -2.45. The summed E-state index contributed by atoms with van der Waals surface area (Å²) in [5.41, 5.74) is 1.19. The fourth-order valence-electron chi connectivity index (χ4n) is 5.38. The highest BCUT2D eigenvalue weighted by atomic mass is 16.6. The van der Waals surface area contributed by atoms with Crippen LogP contribution in [0.3, 0.4) is 0 Å². The number of pyridine rings is 1. The molecule has 0 saturated carbocycles. The molecule has 2 unspecified atom stereocenters. The Morgan fingerprint density at radius 3 is 2.59 bits per heavy atom. The molecule has 1 aromatic heterocycles. The summed E-state index contributed by atoms with van der Waals surface area (Å²) in [5.74, 6) is -0.686. The number of unbranched alkanes of at least 4 members (excludes halogenated alkanes) is 2. The van der Waals surface area contributed by atoms with Gasteiger partial charge in [0.15, 0.2) is 0 Å². The molecule has 4 rings (SSSR count). The molecule has 3 aliphatic rings. The third-order valence-electron chi connectivity index (χ3n) is 7.21. The molecule has 3 aliphatic heterocycles. The molecule has 0 spiro atoms. The monoisotopic (exact) mass is 444 g/mol. The number of carbonyl (C=O) groups excluding carboxylic acids is 1. The molecule has 2 atom stereocenters. The molecule has 32 heavy (non-hydrogen) atoms. The molecule has 0 aromatic carbocycles. The number of hydrogen-bond acceptors (Lipinski definition) is 6. The predicted octanol–water partition coefficient (Wildman–Crippen LogP) is 3.37. The molecule has 3 fully saturated rings. The van der Waals surface area contributed by atoms with Crippen molar-refractivity contribution >= 4 is 17.7 Å². The van der Waals surface area contributed by atoms with E-state index in [-0.39, 0.29) is 24.3 Å². The zero-order valence-electron chi connectivity index (χ0n) is 18.9. The minimum absolute atomic E-state index is 0.0116. The van der Waals surface area contributed by atoms with Gasteiger partial charge in [-0.2, -0.15) is 0 Å².